The van der Waals surface area contributed by atoms with Gasteiger partial charge in [-0.3, -0.25) is 19.7 Å². The van der Waals surface area contributed by atoms with Crippen LogP contribution in [0.3, 0.4) is 0 Å². The topological polar surface area (TPSA) is 217 Å². The molecule has 316 valence electrons. The number of hydrogen-bond donors (Lipinski definition) is 2. The number of nitro groups is 1. The lowest BCUT2D eigenvalue weighted by Crippen LogP contribution is -2.59. The number of para-hydroxylation sites is 1. The van der Waals surface area contributed by atoms with Gasteiger partial charge in [0, 0.05) is 43.1 Å². The van der Waals surface area contributed by atoms with Crippen molar-refractivity contribution < 1.29 is 46.7 Å². The Balaban J connectivity index is 1.55. The maximum absolute atomic E-state index is 15.0. The minimum atomic E-state index is -4.70. The zero-order valence-corrected chi connectivity index (χ0v) is 34.3. The molecule has 2 aromatic carbocycles. The average Bonchev–Trinajstić information content (AvgIpc) is 3.75. The third kappa shape index (κ3) is 10.2. The highest BCUT2D eigenvalue weighted by Gasteiger charge is 2.62. The maximum Gasteiger partial charge on any atom is 0.408 e. The fourth-order valence-corrected chi connectivity index (χ4v) is 8.66. The first kappa shape index (κ1) is 44.2. The van der Waals surface area contributed by atoms with Gasteiger partial charge < -0.3 is 29.7 Å². The Morgan fingerprint density at radius 3 is 2.49 bits per heavy atom. The molecule has 1 saturated carbocycles. The second-order valence-electron chi connectivity index (χ2n) is 15.3. The number of likely N-dealkylation sites (tertiary alicyclic amines) is 1. The Hall–Kier alpha value is -5.88. The fraction of sp³-hybridized carbons (Fsp3) is 0.439. The Bertz CT molecular complexity index is 2200. The predicted molar refractivity (Wildman–Crippen MR) is 217 cm³/mol. The van der Waals surface area contributed by atoms with E-state index in [4.69, 9.17) is 14.2 Å². The normalized spacial score (nSPS) is 20.6. The van der Waals surface area contributed by atoms with Crippen molar-refractivity contribution in [2.24, 2.45) is 5.92 Å². The number of unbranched alkanes of at least 4 members (excludes halogenated alkanes) is 1. The van der Waals surface area contributed by atoms with Crippen molar-refractivity contribution >= 4 is 50.4 Å². The molecule has 2 aliphatic rings. The Labute approximate surface area is 343 Å². The number of esters is 1. The molecule has 3 amide bonds. The number of fused-ring (bicyclic) bond motifs is 1. The Kier molecular flexibility index (Phi) is 13.8. The molecule has 1 aromatic heterocycles. The molecule has 0 radical (unpaired) electrons. The third-order valence-corrected chi connectivity index (χ3v) is 11.8. The summed E-state index contributed by atoms with van der Waals surface area (Å²) in [7, 11) is -4.70. The molecule has 18 heteroatoms. The molecule has 0 bridgehead atoms. The first-order valence-electron chi connectivity index (χ1n) is 19.2. The van der Waals surface area contributed by atoms with Crippen molar-refractivity contribution in [2.75, 3.05) is 26.2 Å². The van der Waals surface area contributed by atoms with Gasteiger partial charge in [-0.2, -0.15) is 4.31 Å². The van der Waals surface area contributed by atoms with Crippen LogP contribution >= 0.6 is 0 Å². The minimum Gasteiger partial charge on any atom is -0.472 e. The number of nitrogens with zero attached hydrogens (tertiary/aromatic N) is 4. The van der Waals surface area contributed by atoms with Gasteiger partial charge in [-0.1, -0.05) is 42.5 Å². The number of hydrogen-bond acceptors (Lipinski definition) is 12. The lowest BCUT2D eigenvalue weighted by atomic mass is 10.1. The second kappa shape index (κ2) is 18.4. The Morgan fingerprint density at radius 1 is 1.12 bits per heavy atom. The van der Waals surface area contributed by atoms with Gasteiger partial charge >= 0.3 is 12.1 Å². The molecule has 0 unspecified atom stereocenters. The summed E-state index contributed by atoms with van der Waals surface area (Å²) in [4.78, 5) is 72.0. The minimum absolute atomic E-state index is 0.0542. The highest BCUT2D eigenvalue weighted by molar-refractivity contribution is 7.89. The van der Waals surface area contributed by atoms with Crippen molar-refractivity contribution in [2.45, 2.75) is 87.6 Å². The van der Waals surface area contributed by atoms with Crippen molar-refractivity contribution in [3.63, 3.8) is 0 Å². The number of allylic oxidation sites excluding steroid dienone is 1. The van der Waals surface area contributed by atoms with E-state index >= 15 is 0 Å². The summed E-state index contributed by atoms with van der Waals surface area (Å²) in [5.41, 5.74) is -3.14. The first-order valence-corrected chi connectivity index (χ1v) is 20.7. The number of sulfonamides is 1. The summed E-state index contributed by atoms with van der Waals surface area (Å²) in [5, 5.41) is 18.8. The molecule has 2 heterocycles. The van der Waals surface area contributed by atoms with Gasteiger partial charge in [0.2, 0.25) is 27.7 Å². The number of amides is 3. The quantitative estimate of drug-likeness (QED) is 0.0588. The van der Waals surface area contributed by atoms with Gasteiger partial charge in [0.25, 0.3) is 5.69 Å². The monoisotopic (exact) mass is 834 g/mol. The molecule has 2 fully saturated rings. The van der Waals surface area contributed by atoms with Crippen LogP contribution in [0.4, 0.5) is 10.5 Å². The molecule has 3 aromatic rings. The van der Waals surface area contributed by atoms with Crippen LogP contribution in [0.25, 0.3) is 10.8 Å². The van der Waals surface area contributed by atoms with Gasteiger partial charge in [-0.25, -0.2) is 23.0 Å². The predicted octanol–water partition coefficient (Wildman–Crippen LogP) is 4.67. The standard InChI is InChI=1S/C41H50N6O11S/c1-7-10-15-22-45(59(54,55)34-19-14-13-18-32(34)47(52)53)26-31(43-39(51)58-40(4,5)6)37(49)46-25-29(57-36-30-17-12-11-16-27(30)20-21-42-36)23-33(46)35(48)44-41(24-28(41)8-2)38(50)56-9-3/h7-8,11-14,16-21,28-29,31,33H,1-2,9-10,15,22-26H2,3-6H3,(H,43,51)(H,44,48)/t28-,29-,31+,33+,41-/m1/s1. The smallest absolute Gasteiger partial charge is 0.408 e. The number of ether oxygens (including phenoxy) is 3. The highest BCUT2D eigenvalue weighted by Crippen LogP contribution is 2.46. The van der Waals surface area contributed by atoms with Crippen LogP contribution in [0.1, 0.15) is 53.4 Å². The van der Waals surface area contributed by atoms with Crippen molar-refractivity contribution in [3.05, 3.63) is 96.2 Å². The molecule has 5 atom stereocenters. The number of benzene rings is 2. The van der Waals surface area contributed by atoms with E-state index < -0.39 is 91.2 Å². The van der Waals surface area contributed by atoms with Gasteiger partial charge in [0.05, 0.1) is 18.1 Å². The molecule has 59 heavy (non-hydrogen) atoms. The van der Waals surface area contributed by atoms with Crippen LogP contribution < -0.4 is 15.4 Å². The SMILES string of the molecule is C=CCCCN(C[C@H](NC(=O)OC(C)(C)C)C(=O)N1C[C@H](Oc2nccc3ccccc23)C[C@H]1C(=O)N[C@]1(C(=O)OCC)C[C@H]1C=C)S(=O)(=O)c1ccccc1[N+](=O)[O-]. The van der Waals surface area contributed by atoms with E-state index in [9.17, 15) is 37.7 Å². The van der Waals surface area contributed by atoms with Crippen LogP contribution in [-0.2, 0) is 33.9 Å². The number of pyridine rings is 1. The van der Waals surface area contributed by atoms with Crippen LogP contribution in [0.2, 0.25) is 0 Å². The van der Waals surface area contributed by atoms with Gasteiger partial charge in [-0.15, -0.1) is 13.2 Å². The van der Waals surface area contributed by atoms with E-state index in [1.807, 2.05) is 24.3 Å². The van der Waals surface area contributed by atoms with E-state index in [0.717, 1.165) is 26.7 Å². The summed E-state index contributed by atoms with van der Waals surface area (Å²) in [6.07, 6.45) is 3.44. The van der Waals surface area contributed by atoms with Gasteiger partial charge in [0.1, 0.15) is 29.3 Å². The van der Waals surface area contributed by atoms with E-state index in [1.165, 1.54) is 18.2 Å². The lowest BCUT2D eigenvalue weighted by molar-refractivity contribution is -0.387. The van der Waals surface area contributed by atoms with E-state index in [2.05, 4.69) is 28.8 Å². The number of carbonyl (C=O) groups excluding carboxylic acids is 4. The molecule has 5 rings (SSSR count). The molecule has 1 aliphatic heterocycles. The van der Waals surface area contributed by atoms with Crippen LogP contribution in [-0.4, -0.2) is 107 Å². The van der Waals surface area contributed by atoms with Crippen molar-refractivity contribution in [1.82, 2.24) is 24.8 Å². The van der Waals surface area contributed by atoms with Gasteiger partial charge in [0.15, 0.2) is 4.90 Å². The van der Waals surface area contributed by atoms with Crippen molar-refractivity contribution in [3.8, 4) is 5.88 Å². The summed E-state index contributed by atoms with van der Waals surface area (Å²) in [5.74, 6) is -2.48. The summed E-state index contributed by atoms with van der Waals surface area (Å²) in [6, 6.07) is 10.9. The molecular formula is C41H50N6O11S. The zero-order chi connectivity index (χ0) is 43.1. The molecule has 17 nitrogen and oxygen atoms in total. The molecular weight excluding hydrogens is 785 g/mol. The van der Waals surface area contributed by atoms with Crippen LogP contribution in [0, 0.1) is 16.0 Å². The fourth-order valence-electron chi connectivity index (χ4n) is 7.01. The number of aromatic nitrogens is 1. The molecule has 1 aliphatic carbocycles. The maximum atomic E-state index is 15.0. The second-order valence-corrected chi connectivity index (χ2v) is 17.2. The van der Waals surface area contributed by atoms with E-state index in [0.29, 0.717) is 11.8 Å². The highest BCUT2D eigenvalue weighted by atomic mass is 32.2. The third-order valence-electron chi connectivity index (χ3n) is 9.92. The first-order chi connectivity index (χ1) is 27.9. The molecule has 0 spiro atoms. The number of alkyl carbamates (subject to hydrolysis) is 1. The van der Waals surface area contributed by atoms with E-state index in [-0.39, 0.29) is 44.8 Å². The van der Waals surface area contributed by atoms with Crippen molar-refractivity contribution in [1.29, 1.82) is 0 Å². The Morgan fingerprint density at radius 2 is 1.83 bits per heavy atom. The summed E-state index contributed by atoms with van der Waals surface area (Å²) in [6.45, 7) is 12.8. The average molecular weight is 835 g/mol. The lowest BCUT2D eigenvalue weighted by Gasteiger charge is -2.32. The zero-order valence-electron chi connectivity index (χ0n) is 33.5. The number of nitrogens with one attached hydrogen (secondary N) is 2. The molecule has 2 N–H and O–H groups in total. The molecule has 1 saturated heterocycles. The summed E-state index contributed by atoms with van der Waals surface area (Å²) >= 11 is 0. The number of rotatable bonds is 18. The number of nitro benzene ring substituents is 1. The van der Waals surface area contributed by atoms with Gasteiger partial charge in [-0.05, 0) is 70.5 Å². The number of carbonyl (C=O) groups is 4. The van der Waals surface area contributed by atoms with Crippen LogP contribution in [0.5, 0.6) is 5.88 Å². The van der Waals surface area contributed by atoms with Crippen LogP contribution in [0.15, 0.2) is 91.0 Å². The largest absolute Gasteiger partial charge is 0.472 e. The van der Waals surface area contributed by atoms with E-state index in [1.54, 1.807) is 46.0 Å². The summed E-state index contributed by atoms with van der Waals surface area (Å²) < 4.78 is 46.6.